The van der Waals surface area contributed by atoms with Gasteiger partial charge in [0.15, 0.2) is 6.10 Å². The Kier molecular flexibility index (Phi) is 1.89. The van der Waals surface area contributed by atoms with Crippen LogP contribution in [0.1, 0.15) is 0 Å². The average Bonchev–Trinajstić information content (AvgIpc) is 2.17. The molecule has 0 aromatic heterocycles. The first kappa shape index (κ1) is 7.46. The van der Waals surface area contributed by atoms with Gasteiger partial charge in [0.1, 0.15) is 12.1 Å². The fourth-order valence-corrected chi connectivity index (χ4v) is 0.813. The summed E-state index contributed by atoms with van der Waals surface area (Å²) in [4.78, 5) is 10.5. The molecule has 4 N–H and O–H groups in total. The highest BCUT2D eigenvalue weighted by molar-refractivity contribution is 5.78. The van der Waals surface area contributed by atoms with E-state index < -0.39 is 24.2 Å². The number of aliphatic hydroxyl groups excluding tert-OH is 2. The molecule has 0 unspecified atom stereocenters. The number of aliphatic hydroxyl groups is 2. The van der Waals surface area contributed by atoms with Crippen LogP contribution in [0.3, 0.4) is 0 Å². The quantitative estimate of drug-likeness (QED) is 0.359. The smallest absolute Gasteiger partial charge is 0.326 e. The van der Waals surface area contributed by atoms with Gasteiger partial charge in [-0.15, -0.1) is 0 Å². The molecule has 1 heterocycles. The molecule has 0 aromatic rings. The highest BCUT2D eigenvalue weighted by Crippen LogP contribution is 2.12. The fourth-order valence-electron chi connectivity index (χ4n) is 0.813. The Morgan fingerprint density at radius 1 is 1.70 bits per heavy atom. The summed E-state index contributed by atoms with van der Waals surface area (Å²) in [7, 11) is 0. The van der Waals surface area contributed by atoms with E-state index in [1.807, 2.05) is 0 Å². The minimum absolute atomic E-state index is 0.388. The van der Waals surface area contributed by atoms with Gasteiger partial charge < -0.3 is 20.7 Å². The number of hydrogen-bond donors (Lipinski definition) is 3. The van der Waals surface area contributed by atoms with Gasteiger partial charge >= 0.3 is 5.97 Å². The Morgan fingerprint density at radius 3 is 2.50 bits per heavy atom. The predicted molar refractivity (Wildman–Crippen MR) is 30.9 cm³/mol. The van der Waals surface area contributed by atoms with Gasteiger partial charge in [-0.3, -0.25) is 4.79 Å². The van der Waals surface area contributed by atoms with Crippen molar-refractivity contribution in [3.8, 4) is 0 Å². The van der Waals surface area contributed by atoms with Crippen molar-refractivity contribution >= 4 is 5.97 Å². The van der Waals surface area contributed by atoms with E-state index in [9.17, 15) is 4.79 Å². The molecule has 1 rings (SSSR count). The number of nitrogens with two attached hydrogens (primary N) is 1. The lowest BCUT2D eigenvalue weighted by Crippen LogP contribution is -2.39. The van der Waals surface area contributed by atoms with Crippen molar-refractivity contribution in [1.82, 2.24) is 0 Å². The first-order chi connectivity index (χ1) is 4.66. The molecule has 0 amide bonds. The number of carbonyl (C=O) groups excluding carboxylic acids is 1. The van der Waals surface area contributed by atoms with Crippen LogP contribution >= 0.6 is 0 Å². The maximum absolute atomic E-state index is 10.5. The number of ether oxygens (including phenoxy) is 1. The fraction of sp³-hybridized carbons (Fsp3) is 0.800. The van der Waals surface area contributed by atoms with E-state index in [4.69, 9.17) is 15.9 Å². The zero-order chi connectivity index (χ0) is 7.72. The predicted octanol–water partition coefficient (Wildman–Crippen LogP) is -2.41. The van der Waals surface area contributed by atoms with Crippen LogP contribution in [0.15, 0.2) is 0 Å². The zero-order valence-corrected chi connectivity index (χ0v) is 5.23. The molecule has 58 valence electrons. The van der Waals surface area contributed by atoms with Crippen LogP contribution in [0.2, 0.25) is 0 Å². The second-order valence-corrected chi connectivity index (χ2v) is 2.17. The van der Waals surface area contributed by atoms with E-state index in [-0.39, 0.29) is 6.61 Å². The van der Waals surface area contributed by atoms with Crippen molar-refractivity contribution in [2.45, 2.75) is 18.2 Å². The molecule has 10 heavy (non-hydrogen) atoms. The molecular formula is C5H9NO4. The molecule has 0 spiro atoms. The maximum atomic E-state index is 10.5. The minimum atomic E-state index is -1.07. The third-order valence-corrected chi connectivity index (χ3v) is 1.47. The van der Waals surface area contributed by atoms with Crippen LogP contribution in [-0.4, -0.2) is 41.0 Å². The van der Waals surface area contributed by atoms with Gasteiger partial charge in [0.25, 0.3) is 0 Å². The van der Waals surface area contributed by atoms with Crippen molar-refractivity contribution < 1.29 is 19.7 Å². The molecule has 5 nitrogen and oxygen atoms in total. The van der Waals surface area contributed by atoms with Crippen LogP contribution in [0, 0.1) is 0 Å². The summed E-state index contributed by atoms with van der Waals surface area (Å²) in [6.07, 6.45) is -1.92. The van der Waals surface area contributed by atoms with Gasteiger partial charge in [-0.05, 0) is 0 Å². The van der Waals surface area contributed by atoms with Crippen molar-refractivity contribution in [2.24, 2.45) is 5.73 Å². The SMILES string of the molecule is N[C@@H]1C(=O)O[C@H](CO)[C@H]1O. The number of esters is 1. The molecule has 0 aromatic carbocycles. The van der Waals surface area contributed by atoms with Crippen LogP contribution in [-0.2, 0) is 9.53 Å². The summed E-state index contributed by atoms with van der Waals surface area (Å²) < 4.78 is 4.47. The van der Waals surface area contributed by atoms with Crippen LogP contribution in [0.5, 0.6) is 0 Å². The molecule has 0 bridgehead atoms. The molecule has 0 radical (unpaired) electrons. The summed E-state index contributed by atoms with van der Waals surface area (Å²) in [5.41, 5.74) is 5.15. The summed E-state index contributed by atoms with van der Waals surface area (Å²) in [5, 5.41) is 17.5. The summed E-state index contributed by atoms with van der Waals surface area (Å²) in [6.45, 7) is -0.388. The van der Waals surface area contributed by atoms with Gasteiger partial charge in [-0.1, -0.05) is 0 Å². The maximum Gasteiger partial charge on any atom is 0.326 e. The van der Waals surface area contributed by atoms with E-state index >= 15 is 0 Å². The lowest BCUT2D eigenvalue weighted by atomic mass is 10.1. The van der Waals surface area contributed by atoms with Crippen molar-refractivity contribution in [1.29, 1.82) is 0 Å². The summed E-state index contributed by atoms with van der Waals surface area (Å²) in [6, 6.07) is -1.00. The molecule has 0 aliphatic carbocycles. The molecule has 1 fully saturated rings. The monoisotopic (exact) mass is 147 g/mol. The second-order valence-electron chi connectivity index (χ2n) is 2.17. The Hall–Kier alpha value is -0.650. The Labute approximate surface area is 57.4 Å². The van der Waals surface area contributed by atoms with Gasteiger partial charge in [0.05, 0.1) is 6.61 Å². The first-order valence-corrected chi connectivity index (χ1v) is 2.92. The normalized spacial score (nSPS) is 39.9. The molecule has 1 aliphatic heterocycles. The van der Waals surface area contributed by atoms with Crippen molar-refractivity contribution in [3.05, 3.63) is 0 Å². The minimum Gasteiger partial charge on any atom is -0.456 e. The second kappa shape index (κ2) is 2.53. The zero-order valence-electron chi connectivity index (χ0n) is 5.23. The van der Waals surface area contributed by atoms with E-state index in [0.29, 0.717) is 0 Å². The van der Waals surface area contributed by atoms with Crippen molar-refractivity contribution in [2.75, 3.05) is 6.61 Å². The van der Waals surface area contributed by atoms with Crippen LogP contribution in [0.4, 0.5) is 0 Å². The van der Waals surface area contributed by atoms with E-state index in [1.54, 1.807) is 0 Å². The number of rotatable bonds is 1. The first-order valence-electron chi connectivity index (χ1n) is 2.92. The van der Waals surface area contributed by atoms with Crippen LogP contribution in [0.25, 0.3) is 0 Å². The topological polar surface area (TPSA) is 92.8 Å². The van der Waals surface area contributed by atoms with Crippen LogP contribution < -0.4 is 5.73 Å². The van der Waals surface area contributed by atoms with Gasteiger partial charge in [-0.2, -0.15) is 0 Å². The highest BCUT2D eigenvalue weighted by atomic mass is 16.6. The molecular weight excluding hydrogens is 138 g/mol. The van der Waals surface area contributed by atoms with E-state index in [1.165, 1.54) is 0 Å². The molecule has 0 saturated carbocycles. The largest absolute Gasteiger partial charge is 0.456 e. The lowest BCUT2D eigenvalue weighted by molar-refractivity contribution is -0.143. The van der Waals surface area contributed by atoms with Crippen molar-refractivity contribution in [3.63, 3.8) is 0 Å². The summed E-state index contributed by atoms with van der Waals surface area (Å²) >= 11 is 0. The van der Waals surface area contributed by atoms with Gasteiger partial charge in [0.2, 0.25) is 0 Å². The lowest BCUT2D eigenvalue weighted by Gasteiger charge is -2.08. The Morgan fingerprint density at radius 2 is 2.30 bits per heavy atom. The Bertz CT molecular complexity index is 149. The highest BCUT2D eigenvalue weighted by Gasteiger charge is 2.40. The number of cyclic esters (lactones) is 1. The third kappa shape index (κ3) is 0.985. The summed E-state index contributed by atoms with van der Waals surface area (Å²) in [5.74, 6) is -0.661. The number of hydrogen-bond acceptors (Lipinski definition) is 5. The van der Waals surface area contributed by atoms with Gasteiger partial charge in [0, 0.05) is 0 Å². The standard InChI is InChI=1S/C5H9NO4/c6-3-4(8)2(1-7)10-5(3)9/h2-4,7-8H,1,6H2/t2-,3+,4-/m1/s1. The molecule has 5 heteroatoms. The molecule has 1 aliphatic rings. The average molecular weight is 147 g/mol. The Balaban J connectivity index is 2.61. The molecule has 3 atom stereocenters. The third-order valence-electron chi connectivity index (χ3n) is 1.47. The van der Waals surface area contributed by atoms with E-state index in [2.05, 4.69) is 4.74 Å². The van der Waals surface area contributed by atoms with Gasteiger partial charge in [-0.25, -0.2) is 0 Å². The number of carbonyl (C=O) groups is 1. The van der Waals surface area contributed by atoms with E-state index in [0.717, 1.165) is 0 Å². The molecule has 1 saturated heterocycles.